The molecule has 1 saturated carbocycles. The van der Waals surface area contributed by atoms with Crippen LogP contribution in [0, 0.1) is 0 Å². The number of benzene rings is 1. The molecule has 3 nitrogen and oxygen atoms in total. The zero-order chi connectivity index (χ0) is 13.1. The zero-order valence-corrected chi connectivity index (χ0v) is 11.8. The Balaban J connectivity index is 1.74. The first-order valence-electron chi connectivity index (χ1n) is 7.61. The molecule has 0 amide bonds. The molecule has 1 aromatic rings. The molecule has 0 radical (unpaired) electrons. The molecule has 104 valence electrons. The predicted molar refractivity (Wildman–Crippen MR) is 78.9 cm³/mol. The van der Waals surface area contributed by atoms with E-state index in [1.165, 1.54) is 50.0 Å². The summed E-state index contributed by atoms with van der Waals surface area (Å²) >= 11 is 0. The van der Waals surface area contributed by atoms with E-state index >= 15 is 0 Å². The average Bonchev–Trinajstić information content (AvgIpc) is 3.10. The fourth-order valence-corrected chi connectivity index (χ4v) is 2.71. The van der Waals surface area contributed by atoms with Crippen molar-refractivity contribution in [2.75, 3.05) is 24.6 Å². The lowest BCUT2D eigenvalue weighted by Crippen LogP contribution is -2.19. The van der Waals surface area contributed by atoms with E-state index in [9.17, 15) is 0 Å². The first-order valence-corrected chi connectivity index (χ1v) is 7.61. The molecular formula is C16H24N2O. The zero-order valence-electron chi connectivity index (χ0n) is 11.8. The SMILES string of the molecule is CCOc1cc(CNC2CC2)ccc1N1CCCC1. The molecule has 3 heteroatoms. The minimum atomic E-state index is 0.736. The highest BCUT2D eigenvalue weighted by Crippen LogP contribution is 2.32. The van der Waals surface area contributed by atoms with Crippen molar-refractivity contribution in [3.8, 4) is 5.75 Å². The monoisotopic (exact) mass is 260 g/mol. The summed E-state index contributed by atoms with van der Waals surface area (Å²) in [5.41, 5.74) is 2.60. The van der Waals surface area contributed by atoms with Gasteiger partial charge in [-0.2, -0.15) is 0 Å². The number of ether oxygens (including phenoxy) is 1. The van der Waals surface area contributed by atoms with Gasteiger partial charge in [0.25, 0.3) is 0 Å². The Morgan fingerprint density at radius 1 is 1.26 bits per heavy atom. The second-order valence-corrected chi connectivity index (χ2v) is 5.58. The van der Waals surface area contributed by atoms with Crippen LogP contribution in [0.2, 0.25) is 0 Å². The van der Waals surface area contributed by atoms with Crippen LogP contribution in [0.3, 0.4) is 0 Å². The summed E-state index contributed by atoms with van der Waals surface area (Å²) in [7, 11) is 0. The van der Waals surface area contributed by atoms with Gasteiger partial charge in [0.15, 0.2) is 0 Å². The van der Waals surface area contributed by atoms with E-state index in [0.29, 0.717) is 0 Å². The van der Waals surface area contributed by atoms with Crippen LogP contribution in [-0.4, -0.2) is 25.7 Å². The molecule has 0 atom stereocenters. The van der Waals surface area contributed by atoms with E-state index < -0.39 is 0 Å². The molecule has 1 aliphatic heterocycles. The van der Waals surface area contributed by atoms with E-state index in [1.807, 2.05) is 0 Å². The van der Waals surface area contributed by atoms with Crippen LogP contribution in [-0.2, 0) is 6.54 Å². The lowest BCUT2D eigenvalue weighted by atomic mass is 10.1. The van der Waals surface area contributed by atoms with E-state index in [0.717, 1.165) is 24.9 Å². The van der Waals surface area contributed by atoms with Crippen LogP contribution in [0.15, 0.2) is 18.2 Å². The fraction of sp³-hybridized carbons (Fsp3) is 0.625. The molecule has 0 spiro atoms. The highest BCUT2D eigenvalue weighted by Gasteiger charge is 2.21. The van der Waals surface area contributed by atoms with Crippen molar-refractivity contribution in [3.05, 3.63) is 23.8 Å². The first-order chi connectivity index (χ1) is 9.36. The first kappa shape index (κ1) is 12.8. The maximum Gasteiger partial charge on any atom is 0.142 e. The molecule has 19 heavy (non-hydrogen) atoms. The van der Waals surface area contributed by atoms with Crippen LogP contribution >= 0.6 is 0 Å². The van der Waals surface area contributed by atoms with Crippen molar-refractivity contribution in [1.82, 2.24) is 5.32 Å². The summed E-state index contributed by atoms with van der Waals surface area (Å²) in [6, 6.07) is 7.45. The normalized spacial score (nSPS) is 18.9. The predicted octanol–water partition coefficient (Wildman–Crippen LogP) is 2.94. The lowest BCUT2D eigenvalue weighted by molar-refractivity contribution is 0.340. The molecule has 3 rings (SSSR count). The van der Waals surface area contributed by atoms with Crippen LogP contribution in [0.4, 0.5) is 5.69 Å². The third-order valence-electron chi connectivity index (χ3n) is 3.94. The molecular weight excluding hydrogens is 236 g/mol. The quantitative estimate of drug-likeness (QED) is 0.851. The molecule has 1 aromatic carbocycles. The summed E-state index contributed by atoms with van der Waals surface area (Å²) in [5, 5.41) is 3.56. The summed E-state index contributed by atoms with van der Waals surface area (Å²) < 4.78 is 5.84. The van der Waals surface area contributed by atoms with Gasteiger partial charge in [0.2, 0.25) is 0 Å². The van der Waals surface area contributed by atoms with E-state index in [-0.39, 0.29) is 0 Å². The summed E-state index contributed by atoms with van der Waals surface area (Å²) in [6.45, 7) is 6.09. The number of nitrogens with zero attached hydrogens (tertiary/aromatic N) is 1. The molecule has 1 N–H and O–H groups in total. The highest BCUT2D eigenvalue weighted by atomic mass is 16.5. The van der Waals surface area contributed by atoms with Gasteiger partial charge < -0.3 is 15.0 Å². The Morgan fingerprint density at radius 2 is 2.05 bits per heavy atom. The van der Waals surface area contributed by atoms with Gasteiger partial charge in [0.1, 0.15) is 5.75 Å². The number of anilines is 1. The Labute approximate surface area is 115 Å². The second kappa shape index (κ2) is 5.83. The molecule has 1 heterocycles. The molecule has 1 aliphatic carbocycles. The van der Waals surface area contributed by atoms with E-state index in [4.69, 9.17) is 4.74 Å². The number of hydrogen-bond acceptors (Lipinski definition) is 3. The third-order valence-corrected chi connectivity index (χ3v) is 3.94. The number of hydrogen-bond donors (Lipinski definition) is 1. The van der Waals surface area contributed by atoms with Gasteiger partial charge in [-0.25, -0.2) is 0 Å². The minimum absolute atomic E-state index is 0.736. The van der Waals surface area contributed by atoms with Crippen molar-refractivity contribution in [2.45, 2.75) is 45.2 Å². The summed E-state index contributed by atoms with van der Waals surface area (Å²) in [5.74, 6) is 1.06. The van der Waals surface area contributed by atoms with Gasteiger partial charge in [-0.05, 0) is 50.3 Å². The van der Waals surface area contributed by atoms with Crippen molar-refractivity contribution in [3.63, 3.8) is 0 Å². The largest absolute Gasteiger partial charge is 0.492 e. The van der Waals surface area contributed by atoms with Crippen LogP contribution in [0.25, 0.3) is 0 Å². The smallest absolute Gasteiger partial charge is 0.142 e. The average molecular weight is 260 g/mol. The topological polar surface area (TPSA) is 24.5 Å². The van der Waals surface area contributed by atoms with Crippen LogP contribution in [0.5, 0.6) is 5.75 Å². The number of rotatable bonds is 6. The van der Waals surface area contributed by atoms with E-state index in [2.05, 4.69) is 35.3 Å². The van der Waals surface area contributed by atoms with Crippen molar-refractivity contribution < 1.29 is 4.74 Å². The van der Waals surface area contributed by atoms with Gasteiger partial charge in [-0.1, -0.05) is 6.07 Å². The Kier molecular flexibility index (Phi) is 3.92. The van der Waals surface area contributed by atoms with Crippen molar-refractivity contribution in [2.24, 2.45) is 0 Å². The van der Waals surface area contributed by atoms with Crippen molar-refractivity contribution in [1.29, 1.82) is 0 Å². The standard InChI is InChI=1S/C16H24N2O/c1-2-19-16-11-13(12-17-14-6-7-14)5-8-15(16)18-9-3-4-10-18/h5,8,11,14,17H,2-4,6-7,9-10,12H2,1H3. The Morgan fingerprint density at radius 3 is 2.74 bits per heavy atom. The summed E-state index contributed by atoms with van der Waals surface area (Å²) in [4.78, 5) is 2.45. The molecule has 2 aliphatic rings. The second-order valence-electron chi connectivity index (χ2n) is 5.58. The Hall–Kier alpha value is -1.22. The molecule has 0 aromatic heterocycles. The highest BCUT2D eigenvalue weighted by molar-refractivity contribution is 5.60. The van der Waals surface area contributed by atoms with Crippen molar-refractivity contribution >= 4 is 5.69 Å². The van der Waals surface area contributed by atoms with Gasteiger partial charge >= 0.3 is 0 Å². The molecule has 0 bridgehead atoms. The lowest BCUT2D eigenvalue weighted by Gasteiger charge is -2.22. The Bertz CT molecular complexity index is 423. The maximum atomic E-state index is 5.84. The molecule has 0 unspecified atom stereocenters. The number of nitrogens with one attached hydrogen (secondary N) is 1. The fourth-order valence-electron chi connectivity index (χ4n) is 2.71. The van der Waals surface area contributed by atoms with Gasteiger partial charge in [0.05, 0.1) is 12.3 Å². The van der Waals surface area contributed by atoms with Gasteiger partial charge in [0, 0.05) is 25.7 Å². The van der Waals surface area contributed by atoms with Gasteiger partial charge in [-0.15, -0.1) is 0 Å². The van der Waals surface area contributed by atoms with Crippen LogP contribution in [0.1, 0.15) is 38.2 Å². The molecule has 1 saturated heterocycles. The van der Waals surface area contributed by atoms with E-state index in [1.54, 1.807) is 0 Å². The minimum Gasteiger partial charge on any atom is -0.492 e. The molecule has 2 fully saturated rings. The third kappa shape index (κ3) is 3.21. The van der Waals surface area contributed by atoms with Gasteiger partial charge in [-0.3, -0.25) is 0 Å². The summed E-state index contributed by atoms with van der Waals surface area (Å²) in [6.07, 6.45) is 5.28. The maximum absolute atomic E-state index is 5.84. The van der Waals surface area contributed by atoms with Crippen LogP contribution < -0.4 is 15.0 Å².